The fraction of sp³-hybridized carbons (Fsp3) is 0.312. The van der Waals surface area contributed by atoms with E-state index >= 15 is 0 Å². The van der Waals surface area contributed by atoms with Crippen LogP contribution in [0.4, 0.5) is 0 Å². The number of rotatable bonds is 2. The second-order valence-corrected chi connectivity index (χ2v) is 5.23. The van der Waals surface area contributed by atoms with E-state index < -0.39 is 12.0 Å². The highest BCUT2D eigenvalue weighted by Crippen LogP contribution is 2.23. The van der Waals surface area contributed by atoms with Crippen LogP contribution in [0.15, 0.2) is 36.5 Å². The summed E-state index contributed by atoms with van der Waals surface area (Å²) in [5.74, 6) is -1.18. The number of amides is 1. The SMILES string of the molecule is O=C(O)[C@H]1CCCCN1C(=O)c1cccc2cccnc12. The van der Waals surface area contributed by atoms with E-state index in [1.165, 1.54) is 4.90 Å². The van der Waals surface area contributed by atoms with E-state index in [-0.39, 0.29) is 5.91 Å². The molecule has 108 valence electrons. The number of aromatic nitrogens is 1. The van der Waals surface area contributed by atoms with Crippen molar-refractivity contribution in [3.05, 3.63) is 42.1 Å². The zero-order valence-electron chi connectivity index (χ0n) is 11.5. The number of para-hydroxylation sites is 1. The Labute approximate surface area is 122 Å². The molecular weight excluding hydrogens is 268 g/mol. The number of carbonyl (C=O) groups excluding carboxylic acids is 1. The molecule has 2 aromatic rings. The Kier molecular flexibility index (Phi) is 3.56. The normalized spacial score (nSPS) is 18.7. The molecular formula is C16H16N2O3. The molecule has 0 spiro atoms. The highest BCUT2D eigenvalue weighted by molar-refractivity contribution is 6.06. The van der Waals surface area contributed by atoms with Gasteiger partial charge in [-0.1, -0.05) is 18.2 Å². The van der Waals surface area contributed by atoms with Gasteiger partial charge in [-0.25, -0.2) is 4.79 Å². The number of benzene rings is 1. The minimum absolute atomic E-state index is 0.244. The molecule has 3 rings (SSSR count). The van der Waals surface area contributed by atoms with Gasteiger partial charge < -0.3 is 10.0 Å². The molecule has 5 nitrogen and oxygen atoms in total. The number of likely N-dealkylation sites (tertiary alicyclic amines) is 1. The van der Waals surface area contributed by atoms with Crippen molar-refractivity contribution in [2.75, 3.05) is 6.54 Å². The van der Waals surface area contributed by atoms with Gasteiger partial charge in [-0.05, 0) is 31.4 Å². The molecule has 1 saturated heterocycles. The zero-order chi connectivity index (χ0) is 14.8. The Morgan fingerprint density at radius 3 is 2.81 bits per heavy atom. The third-order valence-electron chi connectivity index (χ3n) is 3.91. The van der Waals surface area contributed by atoms with Gasteiger partial charge in [0.2, 0.25) is 0 Å². The summed E-state index contributed by atoms with van der Waals surface area (Å²) >= 11 is 0. The Morgan fingerprint density at radius 2 is 2.00 bits per heavy atom. The van der Waals surface area contributed by atoms with Crippen LogP contribution in [0, 0.1) is 0 Å². The van der Waals surface area contributed by atoms with Gasteiger partial charge in [0, 0.05) is 18.1 Å². The molecule has 1 aromatic heterocycles. The number of piperidine rings is 1. The van der Waals surface area contributed by atoms with Gasteiger partial charge in [0.1, 0.15) is 6.04 Å². The molecule has 1 fully saturated rings. The lowest BCUT2D eigenvalue weighted by Gasteiger charge is -2.33. The van der Waals surface area contributed by atoms with Crippen LogP contribution >= 0.6 is 0 Å². The molecule has 0 unspecified atom stereocenters. The fourth-order valence-corrected chi connectivity index (χ4v) is 2.86. The average molecular weight is 284 g/mol. The van der Waals surface area contributed by atoms with Crippen molar-refractivity contribution < 1.29 is 14.7 Å². The molecule has 0 bridgehead atoms. The molecule has 2 heterocycles. The first-order chi connectivity index (χ1) is 10.2. The number of carboxylic acids is 1. The molecule has 21 heavy (non-hydrogen) atoms. The Bertz CT molecular complexity index is 693. The molecule has 1 N–H and O–H groups in total. The number of fused-ring (bicyclic) bond motifs is 1. The number of carbonyl (C=O) groups is 2. The molecule has 1 atom stereocenters. The van der Waals surface area contributed by atoms with Crippen molar-refractivity contribution >= 4 is 22.8 Å². The van der Waals surface area contributed by atoms with Crippen LogP contribution in [0.5, 0.6) is 0 Å². The summed E-state index contributed by atoms with van der Waals surface area (Å²) < 4.78 is 0. The summed E-state index contributed by atoms with van der Waals surface area (Å²) in [6.07, 6.45) is 3.84. The van der Waals surface area contributed by atoms with Gasteiger partial charge in [0.05, 0.1) is 11.1 Å². The first-order valence-electron chi connectivity index (χ1n) is 7.06. The number of carboxylic acid groups (broad SMARTS) is 1. The molecule has 0 saturated carbocycles. The lowest BCUT2D eigenvalue weighted by Crippen LogP contribution is -2.48. The minimum atomic E-state index is -0.934. The molecule has 1 aliphatic heterocycles. The van der Waals surface area contributed by atoms with Crippen LogP contribution in [0.3, 0.4) is 0 Å². The maximum Gasteiger partial charge on any atom is 0.326 e. The lowest BCUT2D eigenvalue weighted by atomic mass is 10.00. The maximum absolute atomic E-state index is 12.8. The molecule has 1 aliphatic rings. The number of hydrogen-bond donors (Lipinski definition) is 1. The zero-order valence-corrected chi connectivity index (χ0v) is 11.5. The first-order valence-corrected chi connectivity index (χ1v) is 7.06. The van der Waals surface area contributed by atoms with Crippen molar-refractivity contribution in [3.8, 4) is 0 Å². The monoisotopic (exact) mass is 284 g/mol. The quantitative estimate of drug-likeness (QED) is 0.918. The third-order valence-corrected chi connectivity index (χ3v) is 3.91. The number of aliphatic carboxylic acids is 1. The van der Waals surface area contributed by atoms with Crippen molar-refractivity contribution in [2.24, 2.45) is 0 Å². The summed E-state index contributed by atoms with van der Waals surface area (Å²) in [5.41, 5.74) is 1.10. The average Bonchev–Trinajstić information content (AvgIpc) is 2.53. The van der Waals surface area contributed by atoms with Crippen molar-refractivity contribution in [1.29, 1.82) is 0 Å². The number of nitrogens with zero attached hydrogens (tertiary/aromatic N) is 2. The van der Waals surface area contributed by atoms with E-state index in [0.717, 1.165) is 18.2 Å². The topological polar surface area (TPSA) is 70.5 Å². The van der Waals surface area contributed by atoms with E-state index in [0.29, 0.717) is 24.0 Å². The van der Waals surface area contributed by atoms with Crippen molar-refractivity contribution in [2.45, 2.75) is 25.3 Å². The highest BCUT2D eigenvalue weighted by atomic mass is 16.4. The van der Waals surface area contributed by atoms with Crippen LogP contribution in [0.2, 0.25) is 0 Å². The van der Waals surface area contributed by atoms with Gasteiger partial charge in [-0.3, -0.25) is 9.78 Å². The molecule has 1 aromatic carbocycles. The fourth-order valence-electron chi connectivity index (χ4n) is 2.86. The predicted octanol–water partition coefficient (Wildman–Crippen LogP) is 2.31. The molecule has 0 radical (unpaired) electrons. The lowest BCUT2D eigenvalue weighted by molar-refractivity contribution is -0.143. The van der Waals surface area contributed by atoms with E-state index in [1.807, 2.05) is 18.2 Å². The van der Waals surface area contributed by atoms with Gasteiger partial charge >= 0.3 is 5.97 Å². The van der Waals surface area contributed by atoms with Crippen LogP contribution in [0.1, 0.15) is 29.6 Å². The Hall–Kier alpha value is -2.43. The van der Waals surface area contributed by atoms with E-state index in [9.17, 15) is 14.7 Å². The van der Waals surface area contributed by atoms with Gasteiger partial charge in [0.15, 0.2) is 0 Å². The van der Waals surface area contributed by atoms with Crippen LogP contribution in [-0.2, 0) is 4.79 Å². The van der Waals surface area contributed by atoms with Gasteiger partial charge in [-0.15, -0.1) is 0 Å². The number of pyridine rings is 1. The summed E-state index contributed by atoms with van der Waals surface area (Å²) in [5, 5.41) is 10.2. The molecule has 1 amide bonds. The van der Waals surface area contributed by atoms with Crippen molar-refractivity contribution in [3.63, 3.8) is 0 Å². The summed E-state index contributed by atoms with van der Waals surface area (Å²) in [6, 6.07) is 8.39. The van der Waals surface area contributed by atoms with Crippen LogP contribution in [0.25, 0.3) is 10.9 Å². The predicted molar refractivity (Wildman–Crippen MR) is 78.1 cm³/mol. The van der Waals surface area contributed by atoms with Crippen LogP contribution in [-0.4, -0.2) is 39.5 Å². The summed E-state index contributed by atoms with van der Waals surface area (Å²) in [6.45, 7) is 0.485. The maximum atomic E-state index is 12.8. The first kappa shape index (κ1) is 13.5. The van der Waals surface area contributed by atoms with E-state index in [1.54, 1.807) is 18.3 Å². The second kappa shape index (κ2) is 5.52. The summed E-state index contributed by atoms with van der Waals surface area (Å²) in [7, 11) is 0. The van der Waals surface area contributed by atoms with Crippen molar-refractivity contribution in [1.82, 2.24) is 9.88 Å². The third kappa shape index (κ3) is 2.46. The largest absolute Gasteiger partial charge is 0.480 e. The smallest absolute Gasteiger partial charge is 0.326 e. The van der Waals surface area contributed by atoms with E-state index in [4.69, 9.17) is 0 Å². The van der Waals surface area contributed by atoms with Gasteiger partial charge in [-0.2, -0.15) is 0 Å². The minimum Gasteiger partial charge on any atom is -0.480 e. The Balaban J connectivity index is 2.01. The molecule has 0 aliphatic carbocycles. The standard InChI is InChI=1S/C16H16N2O3/c19-15(18-10-2-1-8-13(18)16(20)21)12-7-3-5-11-6-4-9-17-14(11)12/h3-7,9,13H,1-2,8,10H2,(H,20,21)/t13-/m1/s1. The number of hydrogen-bond acceptors (Lipinski definition) is 3. The summed E-state index contributed by atoms with van der Waals surface area (Å²) in [4.78, 5) is 29.8. The highest BCUT2D eigenvalue weighted by Gasteiger charge is 2.33. The second-order valence-electron chi connectivity index (χ2n) is 5.23. The van der Waals surface area contributed by atoms with E-state index in [2.05, 4.69) is 4.98 Å². The Morgan fingerprint density at radius 1 is 1.19 bits per heavy atom. The molecule has 5 heteroatoms. The van der Waals surface area contributed by atoms with Gasteiger partial charge in [0.25, 0.3) is 5.91 Å². The van der Waals surface area contributed by atoms with Crippen LogP contribution < -0.4 is 0 Å².